The first-order valence-electron chi connectivity index (χ1n) is 5.15. The summed E-state index contributed by atoms with van der Waals surface area (Å²) in [4.78, 5) is 35.6. The number of nitrogens with one attached hydrogen (secondary N) is 1. The fourth-order valence-electron chi connectivity index (χ4n) is 2.13. The number of fused-ring (bicyclic) bond motifs is 1. The van der Waals surface area contributed by atoms with Gasteiger partial charge in [-0.2, -0.15) is 0 Å². The molecule has 2 aliphatic rings. The third kappa shape index (κ3) is 1.89. The van der Waals surface area contributed by atoms with Gasteiger partial charge in [0.25, 0.3) is 0 Å². The molecule has 0 fully saturated rings. The molecule has 18 heavy (non-hydrogen) atoms. The van der Waals surface area contributed by atoms with E-state index in [2.05, 4.69) is 0 Å². The highest BCUT2D eigenvalue weighted by Crippen LogP contribution is 2.72. The largest absolute Gasteiger partial charge is 0.351 e. The Morgan fingerprint density at radius 3 is 2.17 bits per heavy atom. The Hall–Kier alpha value is -0.520. The molecule has 1 aliphatic heterocycles. The van der Waals surface area contributed by atoms with Crippen molar-refractivity contribution >= 4 is 15.2 Å². The minimum absolute atomic E-state index is 0.449. The molecule has 0 aromatic heterocycles. The van der Waals surface area contributed by atoms with E-state index in [1.54, 1.807) is 19.2 Å². The number of quaternary nitrogens is 1. The van der Waals surface area contributed by atoms with Gasteiger partial charge in [-0.1, -0.05) is 0 Å². The number of likely N-dealkylation sites (N-methyl/N-ethyl adjacent to an activating group) is 1. The maximum Gasteiger partial charge on any atom is 0.351 e. The molecule has 0 aromatic rings. The van der Waals surface area contributed by atoms with E-state index in [0.717, 1.165) is 17.1 Å². The van der Waals surface area contributed by atoms with Crippen molar-refractivity contribution < 1.29 is 33.6 Å². The number of hydrogen-bond donors (Lipinski definition) is 5. The van der Waals surface area contributed by atoms with Crippen molar-refractivity contribution in [3.05, 3.63) is 35.6 Å². The van der Waals surface area contributed by atoms with E-state index < -0.39 is 20.1 Å². The van der Waals surface area contributed by atoms with Gasteiger partial charge in [-0.05, 0) is 18.2 Å². The zero-order chi connectivity index (χ0) is 13.8. The first-order chi connectivity index (χ1) is 8.08. The van der Waals surface area contributed by atoms with Crippen LogP contribution in [-0.2, 0) is 9.13 Å². The average molecular weight is 294 g/mol. The first-order valence-corrected chi connectivity index (χ1v) is 8.38. The van der Waals surface area contributed by atoms with E-state index in [-0.39, 0.29) is 0 Å². The molecule has 1 unspecified atom stereocenters. The SMILES string of the molecule is C[NH+]1CC=CC2=CC(P(=O)(O)O)(P(=O)(O)O)C=C21. The molecule has 7 nitrogen and oxygen atoms in total. The molecule has 0 bridgehead atoms. The standard InChI is InChI=1S/C9H13NO6P2/c1-10-4-2-3-7-5-9(6-8(7)10,17(11,12)13)18(14,15)16/h2-3,5-6H,4H2,1H3,(H2,11,12,13)(H2,14,15,16)/p+1. The molecule has 0 amide bonds. The summed E-state index contributed by atoms with van der Waals surface area (Å²) in [6.45, 7) is 0.599. The minimum Gasteiger partial charge on any atom is -0.323 e. The van der Waals surface area contributed by atoms with Crippen LogP contribution < -0.4 is 4.90 Å². The predicted octanol–water partition coefficient (Wildman–Crippen LogP) is -1.05. The zero-order valence-electron chi connectivity index (χ0n) is 9.52. The summed E-state index contributed by atoms with van der Waals surface area (Å²) < 4.78 is 23.1. The van der Waals surface area contributed by atoms with Crippen molar-refractivity contribution in [2.75, 3.05) is 13.6 Å². The van der Waals surface area contributed by atoms with Crippen molar-refractivity contribution in [2.24, 2.45) is 0 Å². The summed E-state index contributed by atoms with van der Waals surface area (Å²) in [7, 11) is -8.30. The lowest BCUT2D eigenvalue weighted by molar-refractivity contribution is -0.830. The van der Waals surface area contributed by atoms with E-state index in [1.165, 1.54) is 0 Å². The summed E-state index contributed by atoms with van der Waals surface area (Å²) in [6, 6.07) is 0. The van der Waals surface area contributed by atoms with Gasteiger partial charge in [0.2, 0.25) is 4.90 Å². The molecular weight excluding hydrogens is 280 g/mol. The van der Waals surface area contributed by atoms with Crippen LogP contribution in [-0.4, -0.2) is 38.1 Å². The van der Waals surface area contributed by atoms with E-state index in [0.29, 0.717) is 17.8 Å². The molecule has 0 saturated carbocycles. The molecule has 0 saturated heterocycles. The van der Waals surface area contributed by atoms with E-state index in [9.17, 15) is 28.7 Å². The Bertz CT molecular complexity index is 544. The smallest absolute Gasteiger partial charge is 0.323 e. The van der Waals surface area contributed by atoms with Gasteiger partial charge in [0.15, 0.2) is 0 Å². The molecule has 1 aliphatic carbocycles. The van der Waals surface area contributed by atoms with Crippen molar-refractivity contribution in [3.8, 4) is 0 Å². The minimum atomic E-state index is -5.03. The molecule has 0 spiro atoms. The summed E-state index contributed by atoms with van der Waals surface area (Å²) in [5.41, 5.74) is 0.953. The van der Waals surface area contributed by atoms with Gasteiger partial charge >= 0.3 is 15.2 Å². The van der Waals surface area contributed by atoms with Crippen LogP contribution in [0.1, 0.15) is 0 Å². The Kier molecular flexibility index (Phi) is 3.08. The normalized spacial score (nSPS) is 26.6. The maximum atomic E-state index is 11.5. The van der Waals surface area contributed by atoms with E-state index in [1.807, 2.05) is 0 Å². The molecule has 0 radical (unpaired) electrons. The fraction of sp³-hybridized carbons (Fsp3) is 0.333. The van der Waals surface area contributed by atoms with Crippen LogP contribution in [0.2, 0.25) is 0 Å². The molecule has 1 heterocycles. The molecule has 2 rings (SSSR count). The zero-order valence-corrected chi connectivity index (χ0v) is 11.3. The Morgan fingerprint density at radius 2 is 1.72 bits per heavy atom. The van der Waals surface area contributed by atoms with Crippen molar-refractivity contribution in [1.82, 2.24) is 0 Å². The van der Waals surface area contributed by atoms with Crippen LogP contribution in [0, 0.1) is 0 Å². The average Bonchev–Trinajstić information content (AvgIpc) is 2.57. The van der Waals surface area contributed by atoms with Crippen molar-refractivity contribution in [3.63, 3.8) is 0 Å². The van der Waals surface area contributed by atoms with E-state index in [4.69, 9.17) is 0 Å². The van der Waals surface area contributed by atoms with Crippen LogP contribution in [0.15, 0.2) is 35.6 Å². The van der Waals surface area contributed by atoms with Crippen molar-refractivity contribution in [1.29, 1.82) is 0 Å². The second-order valence-electron chi connectivity index (χ2n) is 4.42. The lowest BCUT2D eigenvalue weighted by Gasteiger charge is -2.26. The molecule has 9 heteroatoms. The Balaban J connectivity index is 2.70. The number of allylic oxidation sites excluding steroid dienone is 3. The van der Waals surface area contributed by atoms with Gasteiger partial charge in [0.1, 0.15) is 12.2 Å². The van der Waals surface area contributed by atoms with Gasteiger partial charge in [-0.3, -0.25) is 9.13 Å². The van der Waals surface area contributed by atoms with Crippen LogP contribution in [0.5, 0.6) is 0 Å². The van der Waals surface area contributed by atoms with Crippen LogP contribution in [0.4, 0.5) is 0 Å². The summed E-state index contributed by atoms with van der Waals surface area (Å²) in [5.74, 6) is 0. The molecule has 0 aromatic carbocycles. The third-order valence-electron chi connectivity index (χ3n) is 3.15. The van der Waals surface area contributed by atoms with Gasteiger partial charge in [-0.25, -0.2) is 0 Å². The molecule has 5 N–H and O–H groups in total. The molecule has 1 atom stereocenters. The summed E-state index contributed by atoms with van der Waals surface area (Å²) >= 11 is 0. The third-order valence-corrected chi connectivity index (χ3v) is 7.10. The fourth-order valence-corrected chi connectivity index (χ4v) is 4.70. The number of hydrogen-bond acceptors (Lipinski definition) is 2. The molecule has 100 valence electrons. The Labute approximate surface area is 103 Å². The Morgan fingerprint density at radius 1 is 1.17 bits per heavy atom. The summed E-state index contributed by atoms with van der Waals surface area (Å²) in [5, 5.41) is 0. The summed E-state index contributed by atoms with van der Waals surface area (Å²) in [6.07, 6.45) is 5.41. The monoisotopic (exact) mass is 294 g/mol. The number of rotatable bonds is 2. The second kappa shape index (κ2) is 3.99. The highest BCUT2D eigenvalue weighted by atomic mass is 31.2. The maximum absolute atomic E-state index is 11.5. The predicted molar refractivity (Wildman–Crippen MR) is 63.9 cm³/mol. The van der Waals surface area contributed by atoms with E-state index >= 15 is 0 Å². The first kappa shape index (κ1) is 13.9. The highest BCUT2D eigenvalue weighted by Gasteiger charge is 2.61. The van der Waals surface area contributed by atoms with Gasteiger partial charge < -0.3 is 24.5 Å². The lowest BCUT2D eigenvalue weighted by atomic mass is 10.1. The van der Waals surface area contributed by atoms with Gasteiger partial charge in [0.05, 0.1) is 7.05 Å². The van der Waals surface area contributed by atoms with Gasteiger partial charge in [-0.15, -0.1) is 0 Å². The highest BCUT2D eigenvalue weighted by molar-refractivity contribution is 7.73. The van der Waals surface area contributed by atoms with Crippen LogP contribution in [0.25, 0.3) is 0 Å². The van der Waals surface area contributed by atoms with Crippen molar-refractivity contribution in [2.45, 2.75) is 4.90 Å². The topological polar surface area (TPSA) is 120 Å². The molecular formula is C9H14NO6P2+. The van der Waals surface area contributed by atoms with Crippen LogP contribution >= 0.6 is 15.2 Å². The van der Waals surface area contributed by atoms with Gasteiger partial charge in [0, 0.05) is 11.6 Å². The second-order valence-corrected chi connectivity index (χ2v) is 8.42. The lowest BCUT2D eigenvalue weighted by Crippen LogP contribution is -3.07. The van der Waals surface area contributed by atoms with Crippen LogP contribution in [0.3, 0.4) is 0 Å². The quantitative estimate of drug-likeness (QED) is 0.414.